The van der Waals surface area contributed by atoms with Crippen molar-refractivity contribution in [3.8, 4) is 5.75 Å². The van der Waals surface area contributed by atoms with Gasteiger partial charge < -0.3 is 14.2 Å². The number of benzene rings is 1. The summed E-state index contributed by atoms with van der Waals surface area (Å²) in [5, 5.41) is 2.01. The van der Waals surface area contributed by atoms with Crippen LogP contribution in [0, 0.1) is 0 Å². The Bertz CT molecular complexity index is 625. The van der Waals surface area contributed by atoms with Gasteiger partial charge in [-0.3, -0.25) is 0 Å². The summed E-state index contributed by atoms with van der Waals surface area (Å²) in [4.78, 5) is 16.4. The molecule has 1 heterocycles. The Morgan fingerprint density at radius 2 is 2.13 bits per heavy atom. The molecule has 5 nitrogen and oxygen atoms in total. The van der Waals surface area contributed by atoms with Crippen LogP contribution < -0.4 is 4.74 Å². The molecule has 2 rings (SSSR count). The molecule has 1 atom stereocenters. The highest BCUT2D eigenvalue weighted by atomic mass is 32.1. The Morgan fingerprint density at radius 1 is 1.35 bits per heavy atom. The number of carbonyl (C=O) groups excluding carboxylic acids is 1. The topological polar surface area (TPSA) is 57.7 Å². The van der Waals surface area contributed by atoms with Gasteiger partial charge in [0.15, 0.2) is 0 Å². The molecule has 0 radical (unpaired) electrons. The number of nitrogens with zero attached hydrogens (tertiary/aromatic N) is 1. The summed E-state index contributed by atoms with van der Waals surface area (Å²) >= 11 is 1.56. The molecular weight excluding hydrogens is 314 g/mol. The molecule has 2 aromatic rings. The van der Waals surface area contributed by atoms with Crippen molar-refractivity contribution in [2.75, 3.05) is 13.7 Å². The summed E-state index contributed by atoms with van der Waals surface area (Å²) in [7, 11) is 1.46. The molecule has 0 fully saturated rings. The minimum absolute atomic E-state index is 0.0434. The van der Waals surface area contributed by atoms with E-state index < -0.39 is 5.97 Å². The van der Waals surface area contributed by atoms with E-state index in [4.69, 9.17) is 14.2 Å². The van der Waals surface area contributed by atoms with Crippen molar-refractivity contribution < 1.29 is 19.0 Å². The normalized spacial score (nSPS) is 12.5. The lowest BCUT2D eigenvalue weighted by Crippen LogP contribution is -2.15. The van der Waals surface area contributed by atoms with E-state index in [2.05, 4.69) is 11.9 Å². The fourth-order valence-electron chi connectivity index (χ4n) is 1.85. The van der Waals surface area contributed by atoms with Crippen LogP contribution in [0.1, 0.15) is 25.0 Å². The van der Waals surface area contributed by atoms with Gasteiger partial charge in [0, 0.05) is 11.3 Å². The number of rotatable bonds is 8. The van der Waals surface area contributed by atoms with Gasteiger partial charge in [0.05, 0.1) is 24.9 Å². The first-order valence-electron chi connectivity index (χ1n) is 7.21. The van der Waals surface area contributed by atoms with Crippen molar-refractivity contribution >= 4 is 17.3 Å². The Morgan fingerprint density at radius 3 is 2.78 bits per heavy atom. The molecule has 0 aliphatic rings. The van der Waals surface area contributed by atoms with Crippen LogP contribution in [0.4, 0.5) is 0 Å². The van der Waals surface area contributed by atoms with Crippen LogP contribution in [0.3, 0.4) is 0 Å². The van der Waals surface area contributed by atoms with Crippen LogP contribution in [0.15, 0.2) is 53.2 Å². The van der Waals surface area contributed by atoms with Crippen LogP contribution in [-0.2, 0) is 14.3 Å². The van der Waals surface area contributed by atoms with E-state index in [-0.39, 0.29) is 11.7 Å². The number of para-hydroxylation sites is 1. The van der Waals surface area contributed by atoms with Crippen LogP contribution in [0.2, 0.25) is 0 Å². The quantitative estimate of drug-likeness (QED) is 0.319. The first-order chi connectivity index (χ1) is 11.2. The Hall–Kier alpha value is -2.34. The van der Waals surface area contributed by atoms with Gasteiger partial charge in [0.2, 0.25) is 5.76 Å². The van der Waals surface area contributed by atoms with E-state index >= 15 is 0 Å². The van der Waals surface area contributed by atoms with E-state index in [1.807, 2.05) is 11.4 Å². The molecular formula is C17H19NO4S. The molecule has 6 heteroatoms. The van der Waals surface area contributed by atoms with Gasteiger partial charge in [0.25, 0.3) is 0 Å². The zero-order valence-corrected chi connectivity index (χ0v) is 13.9. The maximum absolute atomic E-state index is 12.1. The van der Waals surface area contributed by atoms with E-state index in [1.165, 1.54) is 13.4 Å². The van der Waals surface area contributed by atoms with Gasteiger partial charge in [-0.25, -0.2) is 9.78 Å². The summed E-state index contributed by atoms with van der Waals surface area (Å²) < 4.78 is 15.7. The first kappa shape index (κ1) is 17.0. The van der Waals surface area contributed by atoms with Gasteiger partial charge in [-0.1, -0.05) is 25.1 Å². The molecule has 0 aliphatic heterocycles. The molecule has 0 spiro atoms. The van der Waals surface area contributed by atoms with Gasteiger partial charge in [-0.15, -0.1) is 11.3 Å². The molecule has 1 aromatic heterocycles. The maximum Gasteiger partial charge on any atom is 0.382 e. The lowest BCUT2D eigenvalue weighted by atomic mass is 10.1. The minimum Gasteiger partial charge on any atom is -0.500 e. The number of ether oxygens (including phenoxy) is 3. The Kier molecular flexibility index (Phi) is 6.62. The van der Waals surface area contributed by atoms with E-state index in [0.717, 1.165) is 12.1 Å². The predicted octanol–water partition coefficient (Wildman–Crippen LogP) is 3.75. The standard InChI is InChI=1S/C17H19NO4S/c1-13(15-11-23-12-18-15)8-9-21-16(10-20-2)17(19)22-14-6-4-3-5-7-14/h3-7,10-13H,8-9H2,1-2H3. The number of hydrogen-bond acceptors (Lipinski definition) is 6. The highest BCUT2D eigenvalue weighted by Gasteiger charge is 2.16. The summed E-state index contributed by atoms with van der Waals surface area (Å²) in [5.41, 5.74) is 2.84. The molecule has 0 amide bonds. The second kappa shape index (κ2) is 8.95. The average Bonchev–Trinajstić information content (AvgIpc) is 3.09. The molecule has 122 valence electrons. The third-order valence-corrected chi connectivity index (χ3v) is 3.75. The van der Waals surface area contributed by atoms with Crippen molar-refractivity contribution in [1.82, 2.24) is 4.98 Å². The Labute approximate surface area is 139 Å². The monoisotopic (exact) mass is 333 g/mol. The third kappa shape index (κ3) is 5.41. The number of carbonyl (C=O) groups is 1. The highest BCUT2D eigenvalue weighted by Crippen LogP contribution is 2.19. The number of hydrogen-bond donors (Lipinski definition) is 0. The Balaban J connectivity index is 1.86. The van der Waals surface area contributed by atoms with Crippen molar-refractivity contribution in [2.45, 2.75) is 19.3 Å². The molecule has 0 saturated carbocycles. The summed E-state index contributed by atoms with van der Waals surface area (Å²) in [6.07, 6.45) is 1.99. The van der Waals surface area contributed by atoms with Gasteiger partial charge >= 0.3 is 5.97 Å². The second-order valence-corrected chi connectivity index (χ2v) is 5.59. The number of methoxy groups -OCH3 is 1. The molecule has 0 N–H and O–H groups in total. The molecule has 1 unspecified atom stereocenters. The maximum atomic E-state index is 12.1. The molecule has 23 heavy (non-hydrogen) atoms. The van der Waals surface area contributed by atoms with E-state index in [0.29, 0.717) is 12.4 Å². The molecule has 0 bridgehead atoms. The smallest absolute Gasteiger partial charge is 0.382 e. The van der Waals surface area contributed by atoms with Gasteiger partial charge in [-0.2, -0.15) is 0 Å². The third-order valence-electron chi connectivity index (χ3n) is 3.14. The zero-order chi connectivity index (χ0) is 16.5. The lowest BCUT2D eigenvalue weighted by molar-refractivity contribution is -0.134. The van der Waals surface area contributed by atoms with Gasteiger partial charge in [-0.05, 0) is 18.6 Å². The summed E-state index contributed by atoms with van der Waals surface area (Å²) in [6.45, 7) is 2.44. The first-order valence-corrected chi connectivity index (χ1v) is 8.16. The van der Waals surface area contributed by atoms with Crippen molar-refractivity contribution in [1.29, 1.82) is 0 Å². The van der Waals surface area contributed by atoms with Crippen LogP contribution in [0.5, 0.6) is 5.75 Å². The lowest BCUT2D eigenvalue weighted by Gasteiger charge is -2.12. The molecule has 0 aliphatic carbocycles. The number of aromatic nitrogens is 1. The van der Waals surface area contributed by atoms with E-state index in [1.54, 1.807) is 41.1 Å². The van der Waals surface area contributed by atoms with E-state index in [9.17, 15) is 4.79 Å². The summed E-state index contributed by atoms with van der Waals surface area (Å²) in [6, 6.07) is 8.83. The number of esters is 1. The minimum atomic E-state index is -0.584. The zero-order valence-electron chi connectivity index (χ0n) is 13.1. The fourth-order valence-corrected chi connectivity index (χ4v) is 2.53. The SMILES string of the molecule is COC=C(OCCC(C)c1cscn1)C(=O)Oc1ccccc1. The summed E-state index contributed by atoms with van der Waals surface area (Å²) in [5.74, 6) is 0.176. The van der Waals surface area contributed by atoms with Crippen molar-refractivity contribution in [2.24, 2.45) is 0 Å². The largest absolute Gasteiger partial charge is 0.500 e. The van der Waals surface area contributed by atoms with Gasteiger partial charge in [0.1, 0.15) is 12.0 Å². The van der Waals surface area contributed by atoms with Crippen molar-refractivity contribution in [3.05, 3.63) is 58.9 Å². The fraction of sp³-hybridized carbons (Fsp3) is 0.294. The van der Waals surface area contributed by atoms with Crippen molar-refractivity contribution in [3.63, 3.8) is 0 Å². The average molecular weight is 333 g/mol. The molecule has 1 aromatic carbocycles. The highest BCUT2D eigenvalue weighted by molar-refractivity contribution is 7.07. The predicted molar refractivity (Wildman–Crippen MR) is 88.3 cm³/mol. The number of thiazole rings is 1. The van der Waals surface area contributed by atoms with Crippen LogP contribution >= 0.6 is 11.3 Å². The molecule has 0 saturated heterocycles. The van der Waals surface area contributed by atoms with Crippen LogP contribution in [0.25, 0.3) is 0 Å². The van der Waals surface area contributed by atoms with Crippen LogP contribution in [-0.4, -0.2) is 24.7 Å². The second-order valence-electron chi connectivity index (χ2n) is 4.87.